The molecule has 0 bridgehead atoms. The summed E-state index contributed by atoms with van der Waals surface area (Å²) in [5.41, 5.74) is 0.964. The molecule has 1 saturated carbocycles. The Labute approximate surface area is 175 Å². The number of nitrogens with one attached hydrogen (secondary N) is 1. The summed E-state index contributed by atoms with van der Waals surface area (Å²) in [6, 6.07) is 4.28. The number of furan rings is 1. The number of aromatic nitrogens is 2. The predicted octanol–water partition coefficient (Wildman–Crippen LogP) is 4.72. The number of hydrogen-bond donors (Lipinski definition) is 1. The van der Waals surface area contributed by atoms with Gasteiger partial charge in [-0.2, -0.15) is 0 Å². The Hall–Kier alpha value is -2.41. The van der Waals surface area contributed by atoms with Gasteiger partial charge in [0.1, 0.15) is 22.7 Å². The highest BCUT2D eigenvalue weighted by molar-refractivity contribution is 7.20. The Balaban J connectivity index is 1.57. The molecular formula is C22H28N4O2S. The molecule has 4 rings (SSSR count). The molecule has 6 nitrogen and oxygen atoms in total. The van der Waals surface area contributed by atoms with Crippen molar-refractivity contribution in [3.05, 3.63) is 40.9 Å². The molecule has 3 aromatic rings. The summed E-state index contributed by atoms with van der Waals surface area (Å²) in [5, 5.41) is 4.11. The van der Waals surface area contributed by atoms with E-state index in [1.165, 1.54) is 43.4 Å². The van der Waals surface area contributed by atoms with E-state index in [1.54, 1.807) is 12.6 Å². The lowest BCUT2D eigenvalue weighted by Crippen LogP contribution is -2.34. The fourth-order valence-electron chi connectivity index (χ4n) is 4.25. The third kappa shape index (κ3) is 4.15. The molecule has 0 aliphatic heterocycles. The lowest BCUT2D eigenvalue weighted by molar-refractivity contribution is 0.0943. The monoisotopic (exact) mass is 412 g/mol. The Morgan fingerprint density at radius 1 is 1.34 bits per heavy atom. The Morgan fingerprint density at radius 2 is 2.14 bits per heavy atom. The van der Waals surface area contributed by atoms with Crippen LogP contribution in [0.2, 0.25) is 0 Å². The third-order valence-electron chi connectivity index (χ3n) is 5.83. The van der Waals surface area contributed by atoms with Gasteiger partial charge in [-0.3, -0.25) is 4.79 Å². The number of thiophene rings is 1. The molecule has 0 spiro atoms. The molecule has 1 aliphatic rings. The van der Waals surface area contributed by atoms with Gasteiger partial charge in [-0.25, -0.2) is 9.97 Å². The van der Waals surface area contributed by atoms with E-state index in [9.17, 15) is 4.79 Å². The molecule has 1 amide bonds. The predicted molar refractivity (Wildman–Crippen MR) is 117 cm³/mol. The highest BCUT2D eigenvalue weighted by Crippen LogP contribution is 2.36. The van der Waals surface area contributed by atoms with Crippen LogP contribution in [0.1, 0.15) is 60.0 Å². The molecule has 0 saturated heterocycles. The lowest BCUT2D eigenvalue weighted by Gasteiger charge is -2.32. The van der Waals surface area contributed by atoms with Crippen molar-refractivity contribution < 1.29 is 9.21 Å². The maximum atomic E-state index is 13.0. The first kappa shape index (κ1) is 19.9. The van der Waals surface area contributed by atoms with Crippen molar-refractivity contribution >= 4 is 33.3 Å². The van der Waals surface area contributed by atoms with Crippen molar-refractivity contribution in [1.82, 2.24) is 15.3 Å². The molecule has 7 heteroatoms. The second kappa shape index (κ2) is 8.53. The SMILES string of the molecule is Cc1c(C(=O)N[C@H](C)Cc2ccco2)sc2ncnc(N(C)C3CCCCC3)c12. The fraction of sp³-hybridized carbons (Fsp3) is 0.500. The van der Waals surface area contributed by atoms with Gasteiger partial charge in [-0.1, -0.05) is 19.3 Å². The van der Waals surface area contributed by atoms with Crippen LogP contribution in [0.25, 0.3) is 10.2 Å². The summed E-state index contributed by atoms with van der Waals surface area (Å²) in [5.74, 6) is 1.75. The Bertz CT molecular complexity index is 976. The van der Waals surface area contributed by atoms with Crippen LogP contribution >= 0.6 is 11.3 Å². The van der Waals surface area contributed by atoms with Crippen molar-refractivity contribution in [2.45, 2.75) is 64.5 Å². The second-order valence-corrected chi connectivity index (χ2v) is 8.99. The molecule has 1 N–H and O–H groups in total. The molecule has 0 unspecified atom stereocenters. The van der Waals surface area contributed by atoms with Crippen LogP contribution in [0.4, 0.5) is 5.82 Å². The molecule has 0 radical (unpaired) electrons. The van der Waals surface area contributed by atoms with E-state index in [-0.39, 0.29) is 11.9 Å². The summed E-state index contributed by atoms with van der Waals surface area (Å²) in [7, 11) is 2.13. The number of carbonyl (C=O) groups excluding carboxylic acids is 1. The van der Waals surface area contributed by atoms with Crippen LogP contribution in [-0.2, 0) is 6.42 Å². The van der Waals surface area contributed by atoms with Crippen LogP contribution in [0.5, 0.6) is 0 Å². The van der Waals surface area contributed by atoms with Crippen molar-refractivity contribution in [2.75, 3.05) is 11.9 Å². The summed E-state index contributed by atoms with van der Waals surface area (Å²) in [6.07, 6.45) is 10.2. The zero-order valence-electron chi connectivity index (χ0n) is 17.3. The maximum absolute atomic E-state index is 13.0. The summed E-state index contributed by atoms with van der Waals surface area (Å²) < 4.78 is 5.39. The molecule has 3 heterocycles. The number of rotatable bonds is 6. The molecule has 29 heavy (non-hydrogen) atoms. The number of amides is 1. The van der Waals surface area contributed by atoms with Gasteiger partial charge in [0.25, 0.3) is 5.91 Å². The van der Waals surface area contributed by atoms with Crippen molar-refractivity contribution in [3.63, 3.8) is 0 Å². The topological polar surface area (TPSA) is 71.3 Å². The summed E-state index contributed by atoms with van der Waals surface area (Å²) in [4.78, 5) is 25.9. The van der Waals surface area contributed by atoms with E-state index < -0.39 is 0 Å². The Kier molecular flexibility index (Phi) is 5.85. The van der Waals surface area contributed by atoms with Crippen molar-refractivity contribution in [1.29, 1.82) is 0 Å². The third-order valence-corrected chi connectivity index (χ3v) is 7.03. The second-order valence-electron chi connectivity index (χ2n) is 7.99. The number of aryl methyl sites for hydroxylation is 1. The molecule has 3 aromatic heterocycles. The number of carbonyl (C=O) groups is 1. The minimum Gasteiger partial charge on any atom is -0.469 e. The minimum atomic E-state index is -0.0594. The van der Waals surface area contributed by atoms with Gasteiger partial charge >= 0.3 is 0 Å². The minimum absolute atomic E-state index is 0.0197. The summed E-state index contributed by atoms with van der Waals surface area (Å²) in [6.45, 7) is 4.00. The van der Waals surface area contributed by atoms with Crippen molar-refractivity contribution in [3.8, 4) is 0 Å². The van der Waals surface area contributed by atoms with E-state index in [4.69, 9.17) is 4.42 Å². The van der Waals surface area contributed by atoms with Crippen LogP contribution in [-0.4, -0.2) is 35.0 Å². The number of anilines is 1. The van der Waals surface area contributed by atoms with Gasteiger partial charge in [0.2, 0.25) is 0 Å². The molecule has 1 aliphatic carbocycles. The van der Waals surface area contributed by atoms with E-state index >= 15 is 0 Å². The largest absolute Gasteiger partial charge is 0.469 e. The first-order valence-electron chi connectivity index (χ1n) is 10.3. The quantitative estimate of drug-likeness (QED) is 0.634. The van der Waals surface area contributed by atoms with Crippen LogP contribution in [0, 0.1) is 6.92 Å². The zero-order valence-corrected chi connectivity index (χ0v) is 18.1. The van der Waals surface area contributed by atoms with Crippen LogP contribution in [0.15, 0.2) is 29.1 Å². The highest BCUT2D eigenvalue weighted by Gasteiger charge is 2.25. The van der Waals surface area contributed by atoms with Crippen LogP contribution in [0.3, 0.4) is 0 Å². The maximum Gasteiger partial charge on any atom is 0.261 e. The van der Waals surface area contributed by atoms with Gasteiger partial charge in [-0.15, -0.1) is 11.3 Å². The highest BCUT2D eigenvalue weighted by atomic mass is 32.1. The van der Waals surface area contributed by atoms with Gasteiger partial charge in [0, 0.05) is 25.6 Å². The molecule has 1 fully saturated rings. The van der Waals surface area contributed by atoms with Crippen molar-refractivity contribution in [2.24, 2.45) is 0 Å². The van der Waals surface area contributed by atoms with E-state index in [1.807, 2.05) is 26.0 Å². The summed E-state index contributed by atoms with van der Waals surface area (Å²) >= 11 is 1.45. The first-order valence-corrected chi connectivity index (χ1v) is 11.2. The van der Waals surface area contributed by atoms with Gasteiger partial charge in [0.15, 0.2) is 0 Å². The average Bonchev–Trinajstić information content (AvgIpc) is 3.35. The van der Waals surface area contributed by atoms with Gasteiger partial charge < -0.3 is 14.6 Å². The molecule has 1 atom stereocenters. The normalized spacial score (nSPS) is 16.1. The number of hydrogen-bond acceptors (Lipinski definition) is 6. The number of nitrogens with zero attached hydrogens (tertiary/aromatic N) is 3. The van der Waals surface area contributed by atoms with Gasteiger partial charge in [0.05, 0.1) is 16.5 Å². The zero-order chi connectivity index (χ0) is 20.4. The smallest absolute Gasteiger partial charge is 0.261 e. The van der Waals surface area contributed by atoms with Gasteiger partial charge in [-0.05, 0) is 44.4 Å². The van der Waals surface area contributed by atoms with E-state index in [2.05, 4.69) is 27.2 Å². The first-order chi connectivity index (χ1) is 14.0. The Morgan fingerprint density at radius 3 is 2.86 bits per heavy atom. The van der Waals surface area contributed by atoms with Crippen LogP contribution < -0.4 is 10.2 Å². The van der Waals surface area contributed by atoms with E-state index in [0.717, 1.165) is 27.4 Å². The molecular weight excluding hydrogens is 384 g/mol. The molecule has 154 valence electrons. The van der Waals surface area contributed by atoms with E-state index in [0.29, 0.717) is 17.3 Å². The fourth-order valence-corrected chi connectivity index (χ4v) is 5.30. The average molecular weight is 413 g/mol. The lowest BCUT2D eigenvalue weighted by atomic mass is 9.94. The molecule has 0 aromatic carbocycles. The standard InChI is InChI=1S/C22H28N4O2S/c1-14(12-17-10-7-11-28-17)25-21(27)19-15(2)18-20(23-13-24-22(18)29-19)26(3)16-8-5-4-6-9-16/h7,10-11,13-14,16H,4-6,8-9,12H2,1-3H3,(H,25,27)/t14-/m1/s1. The number of fused-ring (bicyclic) bond motifs is 1.